The van der Waals surface area contributed by atoms with E-state index in [-0.39, 0.29) is 12.6 Å². The van der Waals surface area contributed by atoms with Crippen LogP contribution in [-0.2, 0) is 4.79 Å². The molecule has 6 heteroatoms. The van der Waals surface area contributed by atoms with E-state index < -0.39 is 11.4 Å². The summed E-state index contributed by atoms with van der Waals surface area (Å²) >= 11 is 0. The molecule has 1 unspecified atom stereocenters. The number of nitrogens with zero attached hydrogens (tertiary/aromatic N) is 1. The summed E-state index contributed by atoms with van der Waals surface area (Å²) in [4.78, 5) is 25.5. The van der Waals surface area contributed by atoms with Gasteiger partial charge in [-0.05, 0) is 45.2 Å². The molecule has 0 radical (unpaired) electrons. The van der Waals surface area contributed by atoms with Gasteiger partial charge in [0, 0.05) is 19.6 Å². The van der Waals surface area contributed by atoms with Crippen molar-refractivity contribution in [2.75, 3.05) is 33.2 Å². The van der Waals surface area contributed by atoms with E-state index in [9.17, 15) is 14.7 Å². The van der Waals surface area contributed by atoms with Crippen molar-refractivity contribution in [2.45, 2.75) is 39.5 Å². The van der Waals surface area contributed by atoms with E-state index in [0.29, 0.717) is 25.3 Å². The summed E-state index contributed by atoms with van der Waals surface area (Å²) in [5.74, 6) is -0.363. The highest BCUT2D eigenvalue weighted by molar-refractivity contribution is 5.78. The van der Waals surface area contributed by atoms with Crippen LogP contribution in [0.5, 0.6) is 0 Å². The Labute approximate surface area is 127 Å². The Bertz CT molecular complexity index is 356. The quantitative estimate of drug-likeness (QED) is 0.666. The van der Waals surface area contributed by atoms with Gasteiger partial charge in [-0.1, -0.05) is 13.8 Å². The molecule has 0 aromatic rings. The molecule has 1 saturated heterocycles. The van der Waals surface area contributed by atoms with E-state index in [4.69, 9.17) is 0 Å². The Kier molecular flexibility index (Phi) is 6.95. The lowest BCUT2D eigenvalue weighted by molar-refractivity contribution is -0.149. The minimum Gasteiger partial charge on any atom is -0.481 e. The van der Waals surface area contributed by atoms with Crippen LogP contribution < -0.4 is 10.6 Å². The number of amides is 2. The monoisotopic (exact) mass is 299 g/mol. The van der Waals surface area contributed by atoms with Gasteiger partial charge < -0.3 is 20.6 Å². The summed E-state index contributed by atoms with van der Waals surface area (Å²) < 4.78 is 0. The maximum absolute atomic E-state index is 11.8. The standard InChI is InChI=1S/C15H29N3O3/c1-4-15(5-2,13(19)20)11-17-14(21)16-9-12-7-6-8-18(3)10-12/h12H,4-11H2,1-3H3,(H,19,20)(H2,16,17,21). The molecule has 1 atom stereocenters. The lowest BCUT2D eigenvalue weighted by atomic mass is 9.82. The lowest BCUT2D eigenvalue weighted by Crippen LogP contribution is -2.47. The largest absolute Gasteiger partial charge is 0.481 e. The number of urea groups is 1. The number of carboxylic acids is 1. The molecule has 0 aromatic heterocycles. The summed E-state index contributed by atoms with van der Waals surface area (Å²) in [5, 5.41) is 14.9. The maximum atomic E-state index is 11.8. The van der Waals surface area contributed by atoms with Crippen LogP contribution in [0.4, 0.5) is 4.79 Å². The van der Waals surface area contributed by atoms with Crippen molar-refractivity contribution in [1.29, 1.82) is 0 Å². The topological polar surface area (TPSA) is 81.7 Å². The number of likely N-dealkylation sites (tertiary alicyclic amines) is 1. The van der Waals surface area contributed by atoms with Gasteiger partial charge >= 0.3 is 12.0 Å². The second-order valence-corrected chi connectivity index (χ2v) is 6.13. The van der Waals surface area contributed by atoms with Gasteiger partial charge in [0.1, 0.15) is 0 Å². The summed E-state index contributed by atoms with van der Waals surface area (Å²) in [5.41, 5.74) is -0.859. The molecule has 0 aliphatic carbocycles. The Hall–Kier alpha value is -1.30. The highest BCUT2D eigenvalue weighted by atomic mass is 16.4. The van der Waals surface area contributed by atoms with Crippen molar-refractivity contribution in [3.8, 4) is 0 Å². The molecule has 2 amide bonds. The second-order valence-electron chi connectivity index (χ2n) is 6.13. The van der Waals surface area contributed by atoms with Gasteiger partial charge in [-0.15, -0.1) is 0 Å². The van der Waals surface area contributed by atoms with Crippen molar-refractivity contribution in [3.05, 3.63) is 0 Å². The molecule has 1 aliphatic heterocycles. The maximum Gasteiger partial charge on any atom is 0.314 e. The van der Waals surface area contributed by atoms with Crippen LogP contribution in [0.15, 0.2) is 0 Å². The third kappa shape index (κ3) is 5.19. The molecule has 1 aliphatic rings. The first-order valence-electron chi connectivity index (χ1n) is 7.87. The fraction of sp³-hybridized carbons (Fsp3) is 0.867. The zero-order chi connectivity index (χ0) is 15.9. The first-order chi connectivity index (χ1) is 9.93. The van der Waals surface area contributed by atoms with E-state index in [1.54, 1.807) is 0 Å². The number of piperidine rings is 1. The summed E-state index contributed by atoms with van der Waals surface area (Å²) in [7, 11) is 2.09. The average molecular weight is 299 g/mol. The molecule has 6 nitrogen and oxygen atoms in total. The normalized spacial score (nSPS) is 20.0. The zero-order valence-electron chi connectivity index (χ0n) is 13.4. The van der Waals surface area contributed by atoms with Crippen LogP contribution in [0.25, 0.3) is 0 Å². The Morgan fingerprint density at radius 2 is 1.95 bits per heavy atom. The Morgan fingerprint density at radius 1 is 1.29 bits per heavy atom. The van der Waals surface area contributed by atoms with Crippen LogP contribution in [-0.4, -0.2) is 55.2 Å². The molecule has 1 fully saturated rings. The fourth-order valence-corrected chi connectivity index (χ4v) is 2.87. The molecule has 3 N–H and O–H groups in total. The predicted octanol–water partition coefficient (Wildman–Crippen LogP) is 1.52. The van der Waals surface area contributed by atoms with Crippen molar-refractivity contribution in [2.24, 2.45) is 11.3 Å². The zero-order valence-corrected chi connectivity index (χ0v) is 13.4. The van der Waals surface area contributed by atoms with Crippen molar-refractivity contribution in [3.63, 3.8) is 0 Å². The summed E-state index contributed by atoms with van der Waals surface area (Å²) in [6.07, 6.45) is 3.31. The third-order valence-corrected chi connectivity index (χ3v) is 4.67. The third-order valence-electron chi connectivity index (χ3n) is 4.67. The number of aliphatic carboxylic acids is 1. The van der Waals surface area contributed by atoms with Crippen LogP contribution in [0, 0.1) is 11.3 Å². The molecule has 1 rings (SSSR count). The number of carboxylic acid groups (broad SMARTS) is 1. The molecule has 1 heterocycles. The molecule has 21 heavy (non-hydrogen) atoms. The molecule has 0 saturated carbocycles. The van der Waals surface area contributed by atoms with Gasteiger partial charge in [-0.25, -0.2) is 4.79 Å². The van der Waals surface area contributed by atoms with Gasteiger partial charge in [0.05, 0.1) is 5.41 Å². The van der Waals surface area contributed by atoms with E-state index in [0.717, 1.165) is 25.9 Å². The van der Waals surface area contributed by atoms with Crippen LogP contribution in [0.1, 0.15) is 39.5 Å². The van der Waals surface area contributed by atoms with E-state index in [1.807, 2.05) is 13.8 Å². The average Bonchev–Trinajstić information content (AvgIpc) is 2.46. The number of carbonyl (C=O) groups excluding carboxylic acids is 1. The highest BCUT2D eigenvalue weighted by Crippen LogP contribution is 2.25. The molecule has 0 bridgehead atoms. The van der Waals surface area contributed by atoms with Crippen molar-refractivity contribution >= 4 is 12.0 Å². The summed E-state index contributed by atoms with van der Waals surface area (Å²) in [6.45, 7) is 6.63. The predicted molar refractivity (Wildman–Crippen MR) is 82.3 cm³/mol. The highest BCUT2D eigenvalue weighted by Gasteiger charge is 2.35. The first kappa shape index (κ1) is 17.8. The number of nitrogens with one attached hydrogen (secondary N) is 2. The van der Waals surface area contributed by atoms with Crippen LogP contribution >= 0.6 is 0 Å². The van der Waals surface area contributed by atoms with Gasteiger partial charge in [0.2, 0.25) is 0 Å². The van der Waals surface area contributed by atoms with Crippen LogP contribution in [0.3, 0.4) is 0 Å². The van der Waals surface area contributed by atoms with Gasteiger partial charge in [0.25, 0.3) is 0 Å². The number of rotatable bonds is 7. The van der Waals surface area contributed by atoms with Gasteiger partial charge in [-0.3, -0.25) is 4.79 Å². The number of carbonyl (C=O) groups is 2. The second kappa shape index (κ2) is 8.22. The van der Waals surface area contributed by atoms with Crippen molar-refractivity contribution < 1.29 is 14.7 Å². The molecular weight excluding hydrogens is 270 g/mol. The molecule has 122 valence electrons. The summed E-state index contributed by atoms with van der Waals surface area (Å²) in [6, 6.07) is -0.268. The van der Waals surface area contributed by atoms with Gasteiger partial charge in [0.15, 0.2) is 0 Å². The fourth-order valence-electron chi connectivity index (χ4n) is 2.87. The number of hydrogen-bond donors (Lipinski definition) is 3. The SMILES string of the molecule is CCC(CC)(CNC(=O)NCC1CCCN(C)C1)C(=O)O. The van der Waals surface area contributed by atoms with E-state index >= 15 is 0 Å². The van der Waals surface area contributed by atoms with E-state index in [2.05, 4.69) is 22.6 Å². The minimum absolute atomic E-state index is 0.172. The van der Waals surface area contributed by atoms with Crippen LogP contribution in [0.2, 0.25) is 0 Å². The Morgan fingerprint density at radius 3 is 2.48 bits per heavy atom. The lowest BCUT2D eigenvalue weighted by Gasteiger charge is -2.30. The van der Waals surface area contributed by atoms with Crippen molar-refractivity contribution in [1.82, 2.24) is 15.5 Å². The Balaban J connectivity index is 2.34. The molecular formula is C15H29N3O3. The minimum atomic E-state index is -0.859. The molecule has 0 spiro atoms. The van der Waals surface area contributed by atoms with E-state index in [1.165, 1.54) is 0 Å². The smallest absolute Gasteiger partial charge is 0.314 e. The number of hydrogen-bond acceptors (Lipinski definition) is 3. The van der Waals surface area contributed by atoms with Gasteiger partial charge in [-0.2, -0.15) is 0 Å². The first-order valence-corrected chi connectivity index (χ1v) is 7.87. The molecule has 0 aromatic carbocycles.